The molecule has 1 unspecified atom stereocenters. The Morgan fingerprint density at radius 3 is 2.43 bits per heavy atom. The molecule has 5 rings (SSSR count). The minimum absolute atomic E-state index is 0.0570. The highest BCUT2D eigenvalue weighted by Crippen LogP contribution is 2.67. The molecule has 1 aromatic rings. The van der Waals surface area contributed by atoms with Gasteiger partial charge in [-0.15, -0.1) is 0 Å². The van der Waals surface area contributed by atoms with Crippen LogP contribution < -0.4 is 4.74 Å². The van der Waals surface area contributed by atoms with Gasteiger partial charge in [0.1, 0.15) is 5.76 Å². The quantitative estimate of drug-likeness (QED) is 0.128. The van der Waals surface area contributed by atoms with Crippen LogP contribution in [0, 0.1) is 5.92 Å². The van der Waals surface area contributed by atoms with Gasteiger partial charge in [-0.2, -0.15) is 0 Å². The molecule has 15 heteroatoms. The highest BCUT2D eigenvalue weighted by molar-refractivity contribution is 5.81. The minimum Gasteiger partial charge on any atom is -0.504 e. The van der Waals surface area contributed by atoms with Gasteiger partial charge in [-0.3, -0.25) is 14.4 Å². The number of aromatic hydroxyl groups is 1. The average Bonchev–Trinajstić information content (AvgIpc) is 3.28. The average molecular weight is 621 g/mol. The van der Waals surface area contributed by atoms with Crippen LogP contribution in [0.15, 0.2) is 24.0 Å². The second-order valence-corrected chi connectivity index (χ2v) is 11.4. The van der Waals surface area contributed by atoms with Crippen LogP contribution in [0.1, 0.15) is 57.1 Å². The molecule has 0 radical (unpaired) electrons. The van der Waals surface area contributed by atoms with E-state index in [1.54, 1.807) is 6.07 Å². The van der Waals surface area contributed by atoms with Crippen molar-refractivity contribution in [3.8, 4) is 11.5 Å². The number of carboxylic acid groups (broad SMARTS) is 2. The predicted molar refractivity (Wildman–Crippen MR) is 141 cm³/mol. The van der Waals surface area contributed by atoms with Crippen LogP contribution >= 0.6 is 0 Å². The Morgan fingerprint density at radius 1 is 1.09 bits per heavy atom. The van der Waals surface area contributed by atoms with Gasteiger partial charge in [0.05, 0.1) is 17.4 Å². The Bertz CT molecular complexity index is 1430. The number of hydrogen-bond donors (Lipinski definition) is 5. The molecule has 5 N–H and O–H groups in total. The first-order valence-electron chi connectivity index (χ1n) is 14.0. The number of benzene rings is 1. The molecule has 1 spiro atoms. The zero-order chi connectivity index (χ0) is 32.1. The monoisotopic (exact) mass is 620 g/mol. The molecular formula is C29H32O15. The zero-order valence-corrected chi connectivity index (χ0v) is 23.8. The summed E-state index contributed by atoms with van der Waals surface area (Å²) in [5, 5.41) is 51.8. The van der Waals surface area contributed by atoms with Crippen molar-refractivity contribution in [3.63, 3.8) is 0 Å². The van der Waals surface area contributed by atoms with Crippen molar-refractivity contribution in [3.05, 3.63) is 35.1 Å². The van der Waals surface area contributed by atoms with Gasteiger partial charge in [0.15, 0.2) is 36.1 Å². The number of carboxylic acids is 2. The number of ether oxygens (including phenoxy) is 5. The number of esters is 3. The first kappa shape index (κ1) is 31.2. The Balaban J connectivity index is 1.48. The maximum Gasteiger partial charge on any atom is 0.356 e. The molecule has 2 bridgehead atoms. The number of aliphatic carboxylic acids is 2. The summed E-state index contributed by atoms with van der Waals surface area (Å²) in [6, 6.07) is 3.27. The van der Waals surface area contributed by atoms with E-state index in [4.69, 9.17) is 28.8 Å². The second kappa shape index (κ2) is 11.4. The zero-order valence-electron chi connectivity index (χ0n) is 23.8. The van der Waals surface area contributed by atoms with Crippen molar-refractivity contribution in [2.24, 2.45) is 5.92 Å². The second-order valence-electron chi connectivity index (χ2n) is 11.4. The fraction of sp³-hybridized carbons (Fsp3) is 0.552. The summed E-state index contributed by atoms with van der Waals surface area (Å²) in [6.45, 7) is 1.80. The van der Waals surface area contributed by atoms with Gasteiger partial charge in [-0.25, -0.2) is 9.59 Å². The van der Waals surface area contributed by atoms with E-state index < -0.39 is 78.0 Å². The fourth-order valence-electron chi connectivity index (χ4n) is 7.19. The predicted octanol–water partition coefficient (Wildman–Crippen LogP) is 0.435. The topological polar surface area (TPSA) is 233 Å². The molecule has 44 heavy (non-hydrogen) atoms. The molecule has 0 aromatic heterocycles. The molecule has 1 fully saturated rings. The van der Waals surface area contributed by atoms with Gasteiger partial charge in [0.25, 0.3) is 0 Å². The van der Waals surface area contributed by atoms with E-state index in [1.807, 2.05) is 0 Å². The molecule has 3 aliphatic carbocycles. The third-order valence-corrected chi connectivity index (χ3v) is 8.83. The number of phenols is 1. The summed E-state index contributed by atoms with van der Waals surface area (Å²) in [4.78, 5) is 60.2. The SMILES string of the molecule is CC(=O)O[C@@H](C(=O)OC1=CC[C@@]2(O)[C@@H]3CCC[C@@]24c2c(ccc(O)c2O[C@@H]14)C3)[C@@H](OC(C)=O)C(O)O[C@H](CC(=O)O)C(=O)O. The summed E-state index contributed by atoms with van der Waals surface area (Å²) >= 11 is 0. The van der Waals surface area contributed by atoms with E-state index in [0.717, 1.165) is 32.3 Å². The Kier molecular flexibility index (Phi) is 8.07. The first-order valence-corrected chi connectivity index (χ1v) is 14.0. The molecule has 8 atom stereocenters. The van der Waals surface area contributed by atoms with E-state index in [-0.39, 0.29) is 29.6 Å². The van der Waals surface area contributed by atoms with Gasteiger partial charge in [-0.1, -0.05) is 12.5 Å². The standard InChI is InChI=1S/C29H32O15/c1-12(30)40-22(23(41-13(2)31)27(38)43-18(25(35)36)11-19(33)34)26(37)42-17-7-9-29(39)15-4-3-8-28(29)20-14(10-15)5-6-16(32)21(20)44-24(17)28/h5-7,15,18,22-24,27,32,38-39H,3-4,8-11H2,1-2H3,(H,33,34)(H,35,36)/t15-,18-,22-,23-,24+,27?,28+,29-/m1/s1. The summed E-state index contributed by atoms with van der Waals surface area (Å²) in [5.74, 6) is -7.15. The van der Waals surface area contributed by atoms with Crippen molar-refractivity contribution in [2.45, 2.75) is 94.1 Å². The largest absolute Gasteiger partial charge is 0.504 e. The maximum absolute atomic E-state index is 13.6. The summed E-state index contributed by atoms with van der Waals surface area (Å²) in [7, 11) is 0. The Morgan fingerprint density at radius 2 is 1.80 bits per heavy atom. The van der Waals surface area contributed by atoms with Gasteiger partial charge in [-0.05, 0) is 49.3 Å². The number of aliphatic hydroxyl groups is 2. The third-order valence-electron chi connectivity index (χ3n) is 8.83. The molecular weight excluding hydrogens is 588 g/mol. The normalized spacial score (nSPS) is 28.6. The molecule has 1 aliphatic heterocycles. The number of carbonyl (C=O) groups is 5. The molecule has 1 aromatic carbocycles. The van der Waals surface area contributed by atoms with Gasteiger partial charge >= 0.3 is 29.8 Å². The summed E-state index contributed by atoms with van der Waals surface area (Å²) < 4.78 is 26.8. The summed E-state index contributed by atoms with van der Waals surface area (Å²) in [6.07, 6.45) is -7.21. The van der Waals surface area contributed by atoms with Crippen molar-refractivity contribution >= 4 is 29.8 Å². The lowest BCUT2D eigenvalue weighted by atomic mass is 9.47. The summed E-state index contributed by atoms with van der Waals surface area (Å²) in [5.41, 5.74) is -0.834. The third kappa shape index (κ3) is 5.04. The molecule has 0 saturated heterocycles. The van der Waals surface area contributed by atoms with Crippen LogP contribution in [0.5, 0.6) is 11.5 Å². The van der Waals surface area contributed by atoms with Crippen LogP contribution in [-0.4, -0.2) is 91.7 Å². The van der Waals surface area contributed by atoms with Crippen LogP contribution in [0.25, 0.3) is 0 Å². The number of rotatable bonds is 11. The van der Waals surface area contributed by atoms with Gasteiger partial charge in [0.2, 0.25) is 6.10 Å². The highest BCUT2D eigenvalue weighted by Gasteiger charge is 2.71. The number of hydrogen-bond acceptors (Lipinski definition) is 13. The van der Waals surface area contributed by atoms with E-state index in [0.29, 0.717) is 18.4 Å². The fourth-order valence-corrected chi connectivity index (χ4v) is 7.19. The number of carbonyl (C=O) groups excluding carboxylic acids is 3. The highest BCUT2D eigenvalue weighted by atomic mass is 16.7. The smallest absolute Gasteiger partial charge is 0.356 e. The number of aliphatic hydroxyl groups excluding tert-OH is 1. The Hall–Kier alpha value is -4.21. The van der Waals surface area contributed by atoms with Gasteiger partial charge in [0, 0.05) is 19.4 Å². The van der Waals surface area contributed by atoms with E-state index >= 15 is 0 Å². The van der Waals surface area contributed by atoms with Crippen molar-refractivity contribution < 1.29 is 73.2 Å². The van der Waals surface area contributed by atoms with Crippen molar-refractivity contribution in [1.82, 2.24) is 0 Å². The van der Waals surface area contributed by atoms with Crippen molar-refractivity contribution in [1.29, 1.82) is 0 Å². The molecule has 4 aliphatic rings. The molecule has 15 nitrogen and oxygen atoms in total. The molecule has 238 valence electrons. The molecule has 1 saturated carbocycles. The minimum atomic E-state index is -2.47. The maximum atomic E-state index is 13.6. The van der Waals surface area contributed by atoms with Gasteiger partial charge < -0.3 is 49.2 Å². The van der Waals surface area contributed by atoms with E-state index in [2.05, 4.69) is 0 Å². The molecule has 1 heterocycles. The Labute approximate surface area is 249 Å². The molecule has 0 amide bonds. The van der Waals surface area contributed by atoms with E-state index in [1.165, 1.54) is 12.1 Å². The van der Waals surface area contributed by atoms with E-state index in [9.17, 15) is 44.4 Å². The first-order chi connectivity index (χ1) is 20.7. The van der Waals surface area contributed by atoms with Crippen molar-refractivity contribution in [2.75, 3.05) is 0 Å². The van der Waals surface area contributed by atoms with Crippen LogP contribution in [0.4, 0.5) is 0 Å². The lowest BCUT2D eigenvalue weighted by molar-refractivity contribution is -0.234. The lowest BCUT2D eigenvalue weighted by Crippen LogP contribution is -2.67. The van der Waals surface area contributed by atoms with Crippen LogP contribution in [-0.2, 0) is 54.8 Å². The number of phenolic OH excluding ortho intramolecular Hbond substituents is 1. The van der Waals surface area contributed by atoms with Crippen LogP contribution in [0.2, 0.25) is 0 Å². The van der Waals surface area contributed by atoms with Crippen LogP contribution in [0.3, 0.4) is 0 Å². The lowest BCUT2D eigenvalue weighted by Gasteiger charge is -2.59.